The summed E-state index contributed by atoms with van der Waals surface area (Å²) >= 11 is 5.94. The number of rotatable bonds is 3. The second-order valence-corrected chi connectivity index (χ2v) is 4.52. The van der Waals surface area contributed by atoms with Crippen LogP contribution in [0, 0.1) is 11.2 Å². The van der Waals surface area contributed by atoms with Gasteiger partial charge in [0, 0.05) is 5.88 Å². The monoisotopic (exact) mass is 212 g/mol. The molecule has 0 aromatic heterocycles. The fourth-order valence-corrected chi connectivity index (χ4v) is 2.44. The summed E-state index contributed by atoms with van der Waals surface area (Å²) in [5.41, 5.74) is 0.997. The van der Waals surface area contributed by atoms with Gasteiger partial charge in [0.05, 0.1) is 0 Å². The molecule has 1 fully saturated rings. The first kappa shape index (κ1) is 9.97. The number of benzene rings is 1. The molecule has 0 saturated heterocycles. The Kier molecular flexibility index (Phi) is 2.78. The Morgan fingerprint density at radius 2 is 2.00 bits per heavy atom. The van der Waals surface area contributed by atoms with Crippen molar-refractivity contribution in [3.63, 3.8) is 0 Å². The maximum atomic E-state index is 13.4. The van der Waals surface area contributed by atoms with E-state index in [1.54, 1.807) is 6.07 Å². The lowest BCUT2D eigenvalue weighted by molar-refractivity contribution is 0.164. The van der Waals surface area contributed by atoms with E-state index in [0.29, 0.717) is 5.88 Å². The van der Waals surface area contributed by atoms with Gasteiger partial charge < -0.3 is 0 Å². The Morgan fingerprint density at radius 3 is 2.50 bits per heavy atom. The summed E-state index contributed by atoms with van der Waals surface area (Å²) in [5.74, 6) is 0.560. The first-order valence-electron chi connectivity index (χ1n) is 5.05. The Morgan fingerprint density at radius 1 is 1.29 bits per heavy atom. The normalized spacial score (nSPS) is 19.0. The molecule has 1 aliphatic rings. The van der Waals surface area contributed by atoms with Crippen LogP contribution in [0.15, 0.2) is 24.3 Å². The molecule has 0 spiro atoms. The van der Waals surface area contributed by atoms with E-state index in [-0.39, 0.29) is 11.2 Å². The molecule has 0 nitrogen and oxygen atoms in total. The third-order valence-electron chi connectivity index (χ3n) is 3.22. The summed E-state index contributed by atoms with van der Waals surface area (Å²) in [6.45, 7) is 0. The fraction of sp³-hybridized carbons (Fsp3) is 0.500. The molecule has 0 aliphatic heterocycles. The minimum atomic E-state index is -0.0936. The molecule has 0 N–H and O–H groups in total. The zero-order valence-electron chi connectivity index (χ0n) is 8.10. The van der Waals surface area contributed by atoms with E-state index in [9.17, 15) is 4.39 Å². The average Bonchev–Trinajstić information content (AvgIpc) is 2.14. The van der Waals surface area contributed by atoms with Gasteiger partial charge in [-0.25, -0.2) is 4.39 Å². The Labute approximate surface area is 89.1 Å². The van der Waals surface area contributed by atoms with Crippen molar-refractivity contribution < 1.29 is 4.39 Å². The molecule has 1 aromatic rings. The van der Waals surface area contributed by atoms with E-state index in [1.807, 2.05) is 12.1 Å². The molecule has 0 unspecified atom stereocenters. The minimum absolute atomic E-state index is 0.0936. The highest BCUT2D eigenvalue weighted by Crippen LogP contribution is 2.44. The Hall–Kier alpha value is -0.560. The summed E-state index contributed by atoms with van der Waals surface area (Å²) in [7, 11) is 0. The molecular formula is C12H14ClF. The van der Waals surface area contributed by atoms with Crippen LogP contribution in [0.4, 0.5) is 4.39 Å². The van der Waals surface area contributed by atoms with Crippen LogP contribution in [0.3, 0.4) is 0 Å². The third-order valence-corrected chi connectivity index (χ3v) is 3.79. The number of alkyl halides is 1. The molecule has 2 rings (SSSR count). The van der Waals surface area contributed by atoms with Crippen LogP contribution in [0.5, 0.6) is 0 Å². The summed E-state index contributed by atoms with van der Waals surface area (Å²) in [6, 6.07) is 7.00. The predicted octanol–water partition coefficient (Wildman–Crippen LogP) is 3.78. The van der Waals surface area contributed by atoms with Crippen molar-refractivity contribution in [1.82, 2.24) is 0 Å². The maximum Gasteiger partial charge on any atom is 0.126 e. The molecule has 0 heterocycles. The summed E-state index contributed by atoms with van der Waals surface area (Å²) < 4.78 is 13.4. The maximum absolute atomic E-state index is 13.4. The first-order valence-corrected chi connectivity index (χ1v) is 5.59. The van der Waals surface area contributed by atoms with E-state index in [4.69, 9.17) is 11.6 Å². The lowest BCUT2D eigenvalue weighted by Crippen LogP contribution is -2.33. The molecule has 0 amide bonds. The smallest absolute Gasteiger partial charge is 0.126 e. The van der Waals surface area contributed by atoms with Crippen LogP contribution in [0.25, 0.3) is 0 Å². The van der Waals surface area contributed by atoms with Crippen molar-refractivity contribution in [3.05, 3.63) is 35.6 Å². The van der Waals surface area contributed by atoms with Gasteiger partial charge in [-0.1, -0.05) is 24.6 Å². The van der Waals surface area contributed by atoms with Crippen molar-refractivity contribution in [1.29, 1.82) is 0 Å². The molecule has 76 valence electrons. The van der Waals surface area contributed by atoms with Crippen molar-refractivity contribution in [3.8, 4) is 0 Å². The topological polar surface area (TPSA) is 0 Å². The van der Waals surface area contributed by atoms with E-state index in [0.717, 1.165) is 24.8 Å². The van der Waals surface area contributed by atoms with E-state index in [1.165, 1.54) is 12.5 Å². The van der Waals surface area contributed by atoms with Gasteiger partial charge in [-0.15, -0.1) is 11.6 Å². The van der Waals surface area contributed by atoms with Gasteiger partial charge in [0.15, 0.2) is 0 Å². The van der Waals surface area contributed by atoms with Crippen molar-refractivity contribution in [2.24, 2.45) is 5.41 Å². The fourth-order valence-electron chi connectivity index (χ4n) is 2.08. The zero-order valence-corrected chi connectivity index (χ0v) is 8.86. The number of hydrogen-bond donors (Lipinski definition) is 0. The highest BCUT2D eigenvalue weighted by Gasteiger charge is 2.36. The van der Waals surface area contributed by atoms with Gasteiger partial charge in [-0.05, 0) is 36.3 Å². The summed E-state index contributed by atoms with van der Waals surface area (Å²) in [5, 5.41) is 0. The van der Waals surface area contributed by atoms with Crippen molar-refractivity contribution in [2.75, 3.05) is 5.88 Å². The minimum Gasteiger partial charge on any atom is -0.207 e. The van der Waals surface area contributed by atoms with Crippen LogP contribution in [0.1, 0.15) is 24.8 Å². The first-order chi connectivity index (χ1) is 6.76. The molecule has 0 radical (unpaired) electrons. The Bertz CT molecular complexity index is 312. The van der Waals surface area contributed by atoms with E-state index >= 15 is 0 Å². The Balaban J connectivity index is 2.13. The van der Waals surface area contributed by atoms with Gasteiger partial charge >= 0.3 is 0 Å². The van der Waals surface area contributed by atoms with Crippen LogP contribution in [-0.2, 0) is 6.42 Å². The van der Waals surface area contributed by atoms with Crippen LogP contribution in [-0.4, -0.2) is 5.88 Å². The van der Waals surface area contributed by atoms with Crippen LogP contribution in [0.2, 0.25) is 0 Å². The third kappa shape index (κ3) is 1.78. The van der Waals surface area contributed by atoms with Gasteiger partial charge in [-0.2, -0.15) is 0 Å². The molecule has 1 saturated carbocycles. The van der Waals surface area contributed by atoms with Crippen molar-refractivity contribution in [2.45, 2.75) is 25.7 Å². The predicted molar refractivity (Wildman–Crippen MR) is 57.1 cm³/mol. The summed E-state index contributed by atoms with van der Waals surface area (Å²) in [4.78, 5) is 0. The molecule has 1 aliphatic carbocycles. The molecule has 14 heavy (non-hydrogen) atoms. The van der Waals surface area contributed by atoms with Gasteiger partial charge in [0.25, 0.3) is 0 Å². The average molecular weight is 213 g/mol. The number of halogens is 2. The lowest BCUT2D eigenvalue weighted by Gasteiger charge is -2.40. The molecule has 0 bridgehead atoms. The quantitative estimate of drug-likeness (QED) is 0.669. The number of hydrogen-bond acceptors (Lipinski definition) is 0. The second kappa shape index (κ2) is 3.90. The highest BCUT2D eigenvalue weighted by atomic mass is 35.5. The van der Waals surface area contributed by atoms with Crippen LogP contribution < -0.4 is 0 Å². The van der Waals surface area contributed by atoms with Gasteiger partial charge in [0.2, 0.25) is 0 Å². The van der Waals surface area contributed by atoms with Gasteiger partial charge in [0.1, 0.15) is 5.82 Å². The second-order valence-electron chi connectivity index (χ2n) is 4.26. The SMILES string of the molecule is Fc1ccccc1CC1(CCl)CCC1. The standard InChI is InChI=1S/C12H14ClF/c13-9-12(6-3-7-12)8-10-4-1-2-5-11(10)14/h1-2,4-5H,3,6-9H2. The molecule has 1 aromatic carbocycles. The zero-order chi connectivity index (χ0) is 10.0. The molecular weight excluding hydrogens is 199 g/mol. The molecule has 0 atom stereocenters. The van der Waals surface area contributed by atoms with E-state index in [2.05, 4.69) is 0 Å². The summed E-state index contributed by atoms with van der Waals surface area (Å²) in [6.07, 6.45) is 4.32. The lowest BCUT2D eigenvalue weighted by atomic mass is 9.67. The van der Waals surface area contributed by atoms with Crippen LogP contribution >= 0.6 is 11.6 Å². The highest BCUT2D eigenvalue weighted by molar-refractivity contribution is 6.18. The van der Waals surface area contributed by atoms with Crippen molar-refractivity contribution >= 4 is 11.6 Å². The van der Waals surface area contributed by atoms with Gasteiger partial charge in [-0.3, -0.25) is 0 Å². The molecule has 2 heteroatoms. The van der Waals surface area contributed by atoms with E-state index < -0.39 is 0 Å². The largest absolute Gasteiger partial charge is 0.207 e.